The molecule has 1 aliphatic heterocycles. The van der Waals surface area contributed by atoms with Crippen LogP contribution in [0.15, 0.2) is 4.99 Å². The molecule has 2 aliphatic rings. The predicted octanol–water partition coefficient (Wildman–Crippen LogP) is 2.61. The zero-order chi connectivity index (χ0) is 14.9. The Hall–Kier alpha value is -0.770. The fourth-order valence-electron chi connectivity index (χ4n) is 3.56. The Morgan fingerprint density at radius 1 is 1.14 bits per heavy atom. The molecule has 1 atom stereocenters. The highest BCUT2D eigenvalue weighted by molar-refractivity contribution is 5.80. The molecule has 0 amide bonds. The lowest BCUT2D eigenvalue weighted by Crippen LogP contribution is -2.44. The van der Waals surface area contributed by atoms with E-state index in [1.807, 2.05) is 0 Å². The second kappa shape index (κ2) is 9.29. The van der Waals surface area contributed by atoms with Crippen molar-refractivity contribution in [3.63, 3.8) is 0 Å². The van der Waals surface area contributed by atoms with E-state index >= 15 is 0 Å². The Labute approximate surface area is 130 Å². The molecule has 0 aromatic heterocycles. The van der Waals surface area contributed by atoms with Crippen LogP contribution in [0.25, 0.3) is 0 Å². The van der Waals surface area contributed by atoms with Crippen LogP contribution in [-0.4, -0.2) is 49.6 Å². The maximum absolute atomic E-state index is 4.85. The normalized spacial score (nSPS) is 25.2. The SMILES string of the molecule is CCCN1CCC(CN=C(NCC)NC2CCCCC2)C1. The van der Waals surface area contributed by atoms with E-state index in [1.54, 1.807) is 0 Å². The second-order valence-corrected chi connectivity index (χ2v) is 6.65. The minimum absolute atomic E-state index is 0.636. The summed E-state index contributed by atoms with van der Waals surface area (Å²) in [6, 6.07) is 0.636. The first kappa shape index (κ1) is 16.6. The van der Waals surface area contributed by atoms with Gasteiger partial charge < -0.3 is 15.5 Å². The molecule has 4 heteroatoms. The average molecular weight is 294 g/mol. The first-order valence-corrected chi connectivity index (χ1v) is 9.09. The molecule has 21 heavy (non-hydrogen) atoms. The number of hydrogen-bond acceptors (Lipinski definition) is 2. The molecule has 1 saturated carbocycles. The average Bonchev–Trinajstić information content (AvgIpc) is 2.94. The molecule has 0 radical (unpaired) electrons. The van der Waals surface area contributed by atoms with E-state index in [1.165, 1.54) is 64.6 Å². The lowest BCUT2D eigenvalue weighted by atomic mass is 9.96. The lowest BCUT2D eigenvalue weighted by molar-refractivity contribution is 0.326. The van der Waals surface area contributed by atoms with Crippen molar-refractivity contribution in [3.05, 3.63) is 0 Å². The summed E-state index contributed by atoms with van der Waals surface area (Å²) in [5.74, 6) is 1.79. The van der Waals surface area contributed by atoms with Crippen molar-refractivity contribution in [3.8, 4) is 0 Å². The van der Waals surface area contributed by atoms with Gasteiger partial charge in [0.05, 0.1) is 0 Å². The van der Waals surface area contributed by atoms with Crippen LogP contribution in [0.3, 0.4) is 0 Å². The van der Waals surface area contributed by atoms with Crippen molar-refractivity contribution in [2.45, 2.75) is 64.8 Å². The molecule has 2 fully saturated rings. The maximum Gasteiger partial charge on any atom is 0.191 e. The Kier molecular flexibility index (Phi) is 7.34. The van der Waals surface area contributed by atoms with Gasteiger partial charge in [-0.2, -0.15) is 0 Å². The van der Waals surface area contributed by atoms with Crippen LogP contribution in [0, 0.1) is 5.92 Å². The predicted molar refractivity (Wildman–Crippen MR) is 90.8 cm³/mol. The lowest BCUT2D eigenvalue weighted by Gasteiger charge is -2.25. The van der Waals surface area contributed by atoms with Crippen molar-refractivity contribution in [1.29, 1.82) is 0 Å². The highest BCUT2D eigenvalue weighted by atomic mass is 15.2. The molecule has 1 unspecified atom stereocenters. The van der Waals surface area contributed by atoms with Crippen LogP contribution in [0.4, 0.5) is 0 Å². The van der Waals surface area contributed by atoms with Crippen molar-refractivity contribution in [1.82, 2.24) is 15.5 Å². The van der Waals surface area contributed by atoms with E-state index in [4.69, 9.17) is 4.99 Å². The molecule has 1 aliphatic carbocycles. The number of nitrogens with zero attached hydrogens (tertiary/aromatic N) is 2. The first-order valence-electron chi connectivity index (χ1n) is 9.09. The van der Waals surface area contributed by atoms with E-state index in [0.717, 1.165) is 25.0 Å². The molecule has 0 bridgehead atoms. The summed E-state index contributed by atoms with van der Waals surface area (Å²) in [5, 5.41) is 7.06. The fraction of sp³-hybridized carbons (Fsp3) is 0.941. The first-order chi connectivity index (χ1) is 10.3. The fourth-order valence-corrected chi connectivity index (χ4v) is 3.56. The van der Waals surface area contributed by atoms with Crippen LogP contribution >= 0.6 is 0 Å². The summed E-state index contributed by atoms with van der Waals surface area (Å²) in [6.07, 6.45) is 9.32. The molecule has 1 saturated heterocycles. The van der Waals surface area contributed by atoms with Gasteiger partial charge in [0.25, 0.3) is 0 Å². The van der Waals surface area contributed by atoms with E-state index in [9.17, 15) is 0 Å². The third kappa shape index (κ3) is 5.85. The zero-order valence-electron chi connectivity index (χ0n) is 14.0. The highest BCUT2D eigenvalue weighted by Gasteiger charge is 2.21. The molecule has 1 heterocycles. The summed E-state index contributed by atoms with van der Waals surface area (Å²) in [4.78, 5) is 7.44. The van der Waals surface area contributed by atoms with E-state index in [2.05, 4.69) is 29.4 Å². The zero-order valence-corrected chi connectivity index (χ0v) is 14.0. The van der Waals surface area contributed by atoms with Crippen molar-refractivity contribution in [2.24, 2.45) is 10.9 Å². The number of rotatable bonds is 6. The molecule has 122 valence electrons. The number of nitrogens with one attached hydrogen (secondary N) is 2. The summed E-state index contributed by atoms with van der Waals surface area (Å²) in [5.41, 5.74) is 0. The van der Waals surface area contributed by atoms with Gasteiger partial charge in [-0.1, -0.05) is 26.2 Å². The largest absolute Gasteiger partial charge is 0.357 e. The topological polar surface area (TPSA) is 39.7 Å². The van der Waals surface area contributed by atoms with Crippen LogP contribution in [0.5, 0.6) is 0 Å². The summed E-state index contributed by atoms with van der Waals surface area (Å²) < 4.78 is 0. The Balaban J connectivity index is 1.77. The minimum Gasteiger partial charge on any atom is -0.357 e. The van der Waals surface area contributed by atoms with Gasteiger partial charge >= 0.3 is 0 Å². The maximum atomic E-state index is 4.85. The van der Waals surface area contributed by atoms with Gasteiger partial charge in [-0.3, -0.25) is 4.99 Å². The van der Waals surface area contributed by atoms with Gasteiger partial charge in [-0.25, -0.2) is 0 Å². The van der Waals surface area contributed by atoms with Crippen molar-refractivity contribution < 1.29 is 0 Å². The van der Waals surface area contributed by atoms with Crippen LogP contribution in [0.2, 0.25) is 0 Å². The number of hydrogen-bond donors (Lipinski definition) is 2. The van der Waals surface area contributed by atoms with Crippen LogP contribution in [0.1, 0.15) is 58.8 Å². The van der Waals surface area contributed by atoms with Gasteiger partial charge in [0.1, 0.15) is 0 Å². The number of guanidine groups is 1. The molecular weight excluding hydrogens is 260 g/mol. The monoisotopic (exact) mass is 294 g/mol. The molecule has 0 aromatic carbocycles. The van der Waals surface area contributed by atoms with E-state index in [0.29, 0.717) is 6.04 Å². The third-order valence-electron chi connectivity index (χ3n) is 4.71. The van der Waals surface area contributed by atoms with Crippen molar-refractivity contribution >= 4 is 5.96 Å². The van der Waals surface area contributed by atoms with Gasteiger partial charge in [-0.05, 0) is 51.6 Å². The highest BCUT2D eigenvalue weighted by Crippen LogP contribution is 2.18. The third-order valence-corrected chi connectivity index (χ3v) is 4.71. The smallest absolute Gasteiger partial charge is 0.191 e. The van der Waals surface area contributed by atoms with Gasteiger partial charge in [0.15, 0.2) is 5.96 Å². The summed E-state index contributed by atoms with van der Waals surface area (Å²) in [7, 11) is 0. The molecule has 2 rings (SSSR count). The Bertz CT molecular complexity index is 310. The van der Waals surface area contributed by atoms with Crippen molar-refractivity contribution in [2.75, 3.05) is 32.7 Å². The second-order valence-electron chi connectivity index (χ2n) is 6.65. The summed E-state index contributed by atoms with van der Waals surface area (Å²) >= 11 is 0. The molecule has 0 aromatic rings. The molecule has 4 nitrogen and oxygen atoms in total. The van der Waals surface area contributed by atoms with E-state index in [-0.39, 0.29) is 0 Å². The quantitative estimate of drug-likeness (QED) is 0.584. The van der Waals surface area contributed by atoms with Gasteiger partial charge in [-0.15, -0.1) is 0 Å². The van der Waals surface area contributed by atoms with Crippen LogP contribution in [-0.2, 0) is 0 Å². The number of aliphatic imine (C=N–C) groups is 1. The van der Waals surface area contributed by atoms with E-state index < -0.39 is 0 Å². The molecular formula is C17H34N4. The number of likely N-dealkylation sites (tertiary alicyclic amines) is 1. The minimum atomic E-state index is 0.636. The Morgan fingerprint density at radius 2 is 1.95 bits per heavy atom. The molecule has 2 N–H and O–H groups in total. The molecule has 0 spiro atoms. The van der Waals surface area contributed by atoms with Gasteiger partial charge in [0.2, 0.25) is 0 Å². The standard InChI is InChI=1S/C17H34N4/c1-3-11-21-12-10-15(14-21)13-19-17(18-4-2)20-16-8-6-5-7-9-16/h15-16H,3-14H2,1-2H3,(H2,18,19,20). The van der Waals surface area contributed by atoms with Gasteiger partial charge in [0, 0.05) is 25.7 Å². The summed E-state index contributed by atoms with van der Waals surface area (Å²) in [6.45, 7) is 10.1. The van der Waals surface area contributed by atoms with Crippen LogP contribution < -0.4 is 10.6 Å². The Morgan fingerprint density at radius 3 is 2.67 bits per heavy atom.